The quantitative estimate of drug-likeness (QED) is 0.512. The summed E-state index contributed by atoms with van der Waals surface area (Å²) in [5.74, 6) is 1.77. The normalized spacial score (nSPS) is 19.6. The maximum atomic E-state index is 13.1. The number of pyridine rings is 1. The van der Waals surface area contributed by atoms with Crippen molar-refractivity contribution < 1.29 is 4.39 Å². The van der Waals surface area contributed by atoms with Crippen molar-refractivity contribution in [2.75, 3.05) is 0 Å². The topological polar surface area (TPSA) is 41.6 Å². The average molecular weight is 392 g/mol. The number of hydrogen-bond acceptors (Lipinski definition) is 2. The number of hydrogen-bond donors (Lipinski definition) is 1. The molecule has 0 radical (unpaired) electrons. The molecular formula is C25H30FN3. The summed E-state index contributed by atoms with van der Waals surface area (Å²) < 4.78 is 13.1. The van der Waals surface area contributed by atoms with E-state index in [0.29, 0.717) is 17.3 Å². The third-order valence-corrected chi connectivity index (χ3v) is 6.50. The Morgan fingerprint density at radius 2 is 1.76 bits per heavy atom. The summed E-state index contributed by atoms with van der Waals surface area (Å²) in [6, 6.07) is 11.8. The highest BCUT2D eigenvalue weighted by Crippen LogP contribution is 2.45. The number of nitrogens with one attached hydrogen (secondary N) is 1. The van der Waals surface area contributed by atoms with Gasteiger partial charge in [-0.3, -0.25) is 4.98 Å². The van der Waals surface area contributed by atoms with Crippen molar-refractivity contribution in [1.29, 1.82) is 0 Å². The minimum atomic E-state index is -0.306. The predicted molar refractivity (Wildman–Crippen MR) is 115 cm³/mol. The average Bonchev–Trinajstić information content (AvgIpc) is 3.38. The number of imidazole rings is 1. The number of H-pyrrole nitrogens is 1. The summed E-state index contributed by atoms with van der Waals surface area (Å²) in [5.41, 5.74) is 4.71. The summed E-state index contributed by atoms with van der Waals surface area (Å²) >= 11 is 0. The molecule has 0 unspecified atom stereocenters. The van der Waals surface area contributed by atoms with Gasteiger partial charge < -0.3 is 4.98 Å². The number of benzene rings is 1. The summed E-state index contributed by atoms with van der Waals surface area (Å²) in [7, 11) is 0. The Bertz CT molecular complexity index is 941. The molecule has 0 spiro atoms. The Balaban J connectivity index is 1.51. The number of nitrogens with zero attached hydrogens (tertiary/aromatic N) is 2. The van der Waals surface area contributed by atoms with Crippen LogP contribution in [0.2, 0.25) is 0 Å². The van der Waals surface area contributed by atoms with E-state index in [1.165, 1.54) is 42.8 Å². The molecule has 1 saturated carbocycles. The van der Waals surface area contributed by atoms with E-state index in [2.05, 4.69) is 55.0 Å². The maximum Gasteiger partial charge on any atom is 0.141 e. The molecule has 3 aromatic rings. The molecule has 1 aliphatic rings. The van der Waals surface area contributed by atoms with E-state index in [1.54, 1.807) is 6.07 Å². The van der Waals surface area contributed by atoms with Gasteiger partial charge in [-0.25, -0.2) is 9.37 Å². The van der Waals surface area contributed by atoms with Gasteiger partial charge in [0, 0.05) is 23.4 Å². The second-order valence-electron chi connectivity index (χ2n) is 9.12. The van der Waals surface area contributed by atoms with E-state index < -0.39 is 0 Å². The van der Waals surface area contributed by atoms with Crippen LogP contribution >= 0.6 is 0 Å². The molecule has 2 atom stereocenters. The molecule has 4 rings (SSSR count). The zero-order valence-electron chi connectivity index (χ0n) is 17.6. The Kier molecular flexibility index (Phi) is 5.53. The van der Waals surface area contributed by atoms with E-state index >= 15 is 0 Å². The fourth-order valence-electron chi connectivity index (χ4n) is 4.43. The highest BCUT2D eigenvalue weighted by atomic mass is 19.1. The molecule has 4 heteroatoms. The largest absolute Gasteiger partial charge is 0.346 e. The van der Waals surface area contributed by atoms with Gasteiger partial charge in [0.15, 0.2) is 0 Å². The van der Waals surface area contributed by atoms with Crippen LogP contribution < -0.4 is 0 Å². The van der Waals surface area contributed by atoms with E-state index in [4.69, 9.17) is 4.98 Å². The molecule has 0 saturated heterocycles. The third kappa shape index (κ3) is 4.42. The smallest absolute Gasteiger partial charge is 0.141 e. The molecule has 1 aliphatic carbocycles. The van der Waals surface area contributed by atoms with Crippen molar-refractivity contribution in [3.63, 3.8) is 0 Å². The SMILES string of the molecule is CCC(C)(C)Cc1cnc([C@H]2CCC[C@H]2c2ccc(-c3ccc(F)cn3)cc2)[nH]1. The lowest BCUT2D eigenvalue weighted by atomic mass is 9.85. The van der Waals surface area contributed by atoms with Gasteiger partial charge in [-0.2, -0.15) is 0 Å². The van der Waals surface area contributed by atoms with Crippen LogP contribution in [-0.2, 0) is 6.42 Å². The van der Waals surface area contributed by atoms with Gasteiger partial charge in [0.1, 0.15) is 11.6 Å². The molecule has 0 amide bonds. The first kappa shape index (κ1) is 19.8. The van der Waals surface area contributed by atoms with Crippen LogP contribution in [0.15, 0.2) is 48.8 Å². The van der Waals surface area contributed by atoms with Crippen LogP contribution in [0.5, 0.6) is 0 Å². The summed E-state index contributed by atoms with van der Waals surface area (Å²) in [6.07, 6.45) is 9.09. The van der Waals surface area contributed by atoms with Crippen LogP contribution in [0.4, 0.5) is 4.39 Å². The zero-order chi connectivity index (χ0) is 20.4. The van der Waals surface area contributed by atoms with Crippen LogP contribution in [0.25, 0.3) is 11.3 Å². The van der Waals surface area contributed by atoms with Crippen molar-refractivity contribution in [3.05, 3.63) is 71.7 Å². The first-order valence-electron chi connectivity index (χ1n) is 10.7. The fraction of sp³-hybridized carbons (Fsp3) is 0.440. The number of aromatic nitrogens is 3. The van der Waals surface area contributed by atoms with Crippen LogP contribution in [0.1, 0.15) is 75.4 Å². The number of halogens is 1. The van der Waals surface area contributed by atoms with E-state index in [-0.39, 0.29) is 5.82 Å². The molecule has 0 aliphatic heterocycles. The fourth-order valence-corrected chi connectivity index (χ4v) is 4.43. The minimum Gasteiger partial charge on any atom is -0.346 e. The standard InChI is InChI=1S/C25H30FN3/c1-4-25(2,3)14-20-16-28-24(29-20)22-7-5-6-21(22)17-8-10-18(11-9-17)23-13-12-19(26)15-27-23/h8-13,15-16,21-22H,4-7,14H2,1-3H3,(H,28,29)/t21-,22-/m0/s1. The molecule has 2 heterocycles. The molecule has 1 aromatic carbocycles. The summed E-state index contributed by atoms with van der Waals surface area (Å²) in [6.45, 7) is 6.86. The van der Waals surface area contributed by atoms with Gasteiger partial charge in [0.2, 0.25) is 0 Å². The Hall–Kier alpha value is -2.49. The van der Waals surface area contributed by atoms with Crippen LogP contribution in [0, 0.1) is 11.2 Å². The third-order valence-electron chi connectivity index (χ3n) is 6.50. The van der Waals surface area contributed by atoms with E-state index in [1.807, 2.05) is 6.20 Å². The first-order chi connectivity index (χ1) is 13.9. The molecular weight excluding hydrogens is 361 g/mol. The highest BCUT2D eigenvalue weighted by molar-refractivity contribution is 5.59. The molecule has 3 nitrogen and oxygen atoms in total. The molecule has 152 valence electrons. The molecule has 1 fully saturated rings. The monoisotopic (exact) mass is 391 g/mol. The van der Waals surface area contributed by atoms with Gasteiger partial charge in [-0.05, 0) is 48.3 Å². The zero-order valence-corrected chi connectivity index (χ0v) is 17.6. The summed E-state index contributed by atoms with van der Waals surface area (Å²) in [5, 5.41) is 0. The van der Waals surface area contributed by atoms with Crippen molar-refractivity contribution in [2.24, 2.45) is 5.41 Å². The maximum absolute atomic E-state index is 13.1. The van der Waals surface area contributed by atoms with Gasteiger partial charge in [0.25, 0.3) is 0 Å². The molecule has 0 bridgehead atoms. The van der Waals surface area contributed by atoms with E-state index in [9.17, 15) is 4.39 Å². The minimum absolute atomic E-state index is 0.295. The van der Waals surface area contributed by atoms with Crippen molar-refractivity contribution in [1.82, 2.24) is 15.0 Å². The second-order valence-corrected chi connectivity index (χ2v) is 9.12. The van der Waals surface area contributed by atoms with Gasteiger partial charge in [0.05, 0.1) is 11.9 Å². The van der Waals surface area contributed by atoms with Crippen molar-refractivity contribution in [3.8, 4) is 11.3 Å². The summed E-state index contributed by atoms with van der Waals surface area (Å²) in [4.78, 5) is 12.6. The molecule has 29 heavy (non-hydrogen) atoms. The molecule has 1 N–H and O–H groups in total. The van der Waals surface area contributed by atoms with Gasteiger partial charge >= 0.3 is 0 Å². The highest BCUT2D eigenvalue weighted by Gasteiger charge is 2.32. The van der Waals surface area contributed by atoms with Crippen LogP contribution in [-0.4, -0.2) is 15.0 Å². The Morgan fingerprint density at radius 3 is 2.45 bits per heavy atom. The Morgan fingerprint density at radius 1 is 1.00 bits per heavy atom. The number of aromatic amines is 1. The lowest BCUT2D eigenvalue weighted by Crippen LogP contribution is -2.13. The predicted octanol–water partition coefficient (Wildman–Crippen LogP) is 6.64. The van der Waals surface area contributed by atoms with Crippen LogP contribution in [0.3, 0.4) is 0 Å². The van der Waals surface area contributed by atoms with Crippen molar-refractivity contribution in [2.45, 2.75) is 64.7 Å². The molecule has 2 aromatic heterocycles. The number of rotatable bonds is 6. The first-order valence-corrected chi connectivity index (χ1v) is 10.7. The lowest BCUT2D eigenvalue weighted by molar-refractivity contribution is 0.345. The van der Waals surface area contributed by atoms with Gasteiger partial charge in [-0.15, -0.1) is 0 Å². The van der Waals surface area contributed by atoms with Crippen molar-refractivity contribution >= 4 is 0 Å². The van der Waals surface area contributed by atoms with E-state index in [0.717, 1.165) is 29.9 Å². The lowest BCUT2D eigenvalue weighted by Gasteiger charge is -2.21. The second kappa shape index (κ2) is 8.10. The van der Waals surface area contributed by atoms with Gasteiger partial charge in [-0.1, -0.05) is 57.9 Å². The Labute approximate surface area is 172 Å².